The van der Waals surface area contributed by atoms with Gasteiger partial charge in [0.25, 0.3) is 11.6 Å². The molecule has 1 unspecified atom stereocenters. The number of nitrogens with zero attached hydrogens (tertiary/aromatic N) is 3. The molecule has 1 amide bonds. The molecule has 1 aliphatic heterocycles. The lowest BCUT2D eigenvalue weighted by atomic mass is 10.2. The molecule has 0 aliphatic carbocycles. The molecule has 0 saturated carbocycles. The van der Waals surface area contributed by atoms with Crippen LogP contribution in [0.4, 0.5) is 5.69 Å². The van der Waals surface area contributed by atoms with Crippen molar-refractivity contribution in [3.8, 4) is 0 Å². The number of pyridine rings is 1. The van der Waals surface area contributed by atoms with Crippen molar-refractivity contribution in [2.24, 2.45) is 0 Å². The van der Waals surface area contributed by atoms with Crippen LogP contribution in [-0.4, -0.2) is 46.4 Å². The average molecular weight is 313 g/mol. The number of carbonyl (C=O) groups excluding carboxylic acids is 1. The van der Waals surface area contributed by atoms with Gasteiger partial charge in [-0.2, -0.15) is 0 Å². The molecule has 0 spiro atoms. The zero-order chi connectivity index (χ0) is 15.4. The quantitative estimate of drug-likeness (QED) is 0.509. The normalized spacial score (nSPS) is 18.7. The Morgan fingerprint density at radius 3 is 3.10 bits per heavy atom. The number of halogens is 1. The summed E-state index contributed by atoms with van der Waals surface area (Å²) in [5.41, 5.74) is -0.392. The second-order valence-electron chi connectivity index (χ2n) is 4.92. The van der Waals surface area contributed by atoms with Gasteiger partial charge in [-0.25, -0.2) is 4.98 Å². The van der Waals surface area contributed by atoms with Gasteiger partial charge in [0.1, 0.15) is 16.9 Å². The molecule has 2 heterocycles. The summed E-state index contributed by atoms with van der Waals surface area (Å²) >= 11 is 5.72. The minimum Gasteiger partial charge on any atom is -0.350 e. The number of rotatable bonds is 5. The maximum absolute atomic E-state index is 12.2. The Labute approximate surface area is 127 Å². The fourth-order valence-corrected chi connectivity index (χ4v) is 2.76. The van der Waals surface area contributed by atoms with E-state index in [1.807, 2.05) is 0 Å². The first kappa shape index (κ1) is 15.7. The maximum atomic E-state index is 12.2. The van der Waals surface area contributed by atoms with Crippen molar-refractivity contribution >= 4 is 23.2 Å². The number of nitro groups is 1. The SMILES string of the molecule is CCN1CCCC1CNC(=O)c1cc(Cl)ncc1[N+](=O)[O-]. The van der Waals surface area contributed by atoms with Crippen molar-refractivity contribution < 1.29 is 9.72 Å². The summed E-state index contributed by atoms with van der Waals surface area (Å²) < 4.78 is 0. The first-order valence-electron chi connectivity index (χ1n) is 6.85. The summed E-state index contributed by atoms with van der Waals surface area (Å²) in [4.78, 5) is 28.4. The van der Waals surface area contributed by atoms with Crippen molar-refractivity contribution in [1.82, 2.24) is 15.2 Å². The molecule has 1 aliphatic rings. The number of aromatic nitrogens is 1. The van der Waals surface area contributed by atoms with E-state index in [2.05, 4.69) is 22.1 Å². The van der Waals surface area contributed by atoms with Gasteiger partial charge in [-0.3, -0.25) is 19.8 Å². The minimum atomic E-state index is -0.633. The van der Waals surface area contributed by atoms with Crippen LogP contribution in [0.2, 0.25) is 5.15 Å². The van der Waals surface area contributed by atoms with Crippen LogP contribution in [0.3, 0.4) is 0 Å². The van der Waals surface area contributed by atoms with Crippen molar-refractivity contribution in [1.29, 1.82) is 0 Å². The molecule has 0 aromatic carbocycles. The number of likely N-dealkylation sites (tertiary alicyclic amines) is 1. The first-order chi connectivity index (χ1) is 10.0. The second kappa shape index (κ2) is 6.82. The topological polar surface area (TPSA) is 88.4 Å². The van der Waals surface area contributed by atoms with E-state index in [0.717, 1.165) is 32.1 Å². The van der Waals surface area contributed by atoms with E-state index in [1.165, 1.54) is 6.07 Å². The van der Waals surface area contributed by atoms with Crippen LogP contribution in [0.1, 0.15) is 30.1 Å². The van der Waals surface area contributed by atoms with E-state index in [9.17, 15) is 14.9 Å². The van der Waals surface area contributed by atoms with E-state index >= 15 is 0 Å². The van der Waals surface area contributed by atoms with Gasteiger partial charge in [0, 0.05) is 12.6 Å². The van der Waals surface area contributed by atoms with E-state index in [1.54, 1.807) is 0 Å². The van der Waals surface area contributed by atoms with Gasteiger partial charge in [0.2, 0.25) is 0 Å². The second-order valence-corrected chi connectivity index (χ2v) is 5.30. The number of nitrogens with one attached hydrogen (secondary N) is 1. The summed E-state index contributed by atoms with van der Waals surface area (Å²) in [6, 6.07) is 1.51. The molecule has 114 valence electrons. The maximum Gasteiger partial charge on any atom is 0.300 e. The zero-order valence-corrected chi connectivity index (χ0v) is 12.5. The highest BCUT2D eigenvalue weighted by Gasteiger charge is 2.25. The Balaban J connectivity index is 2.06. The number of hydrogen-bond donors (Lipinski definition) is 1. The van der Waals surface area contributed by atoms with Gasteiger partial charge in [-0.15, -0.1) is 0 Å². The van der Waals surface area contributed by atoms with Crippen LogP contribution in [0.25, 0.3) is 0 Å². The van der Waals surface area contributed by atoms with Crippen LogP contribution in [-0.2, 0) is 0 Å². The molecule has 1 aromatic rings. The molecule has 1 saturated heterocycles. The van der Waals surface area contributed by atoms with E-state index in [0.29, 0.717) is 6.54 Å². The van der Waals surface area contributed by atoms with Crippen molar-refractivity contribution in [3.63, 3.8) is 0 Å². The molecule has 21 heavy (non-hydrogen) atoms. The molecule has 1 atom stereocenters. The smallest absolute Gasteiger partial charge is 0.300 e. The van der Waals surface area contributed by atoms with Crippen LogP contribution >= 0.6 is 11.6 Å². The molecule has 1 aromatic heterocycles. The molecule has 1 N–H and O–H groups in total. The lowest BCUT2D eigenvalue weighted by Crippen LogP contribution is -2.40. The Morgan fingerprint density at radius 1 is 1.67 bits per heavy atom. The molecular weight excluding hydrogens is 296 g/mol. The van der Waals surface area contributed by atoms with Crippen molar-refractivity contribution in [2.45, 2.75) is 25.8 Å². The highest BCUT2D eigenvalue weighted by molar-refractivity contribution is 6.29. The van der Waals surface area contributed by atoms with Gasteiger partial charge in [-0.05, 0) is 32.0 Å². The van der Waals surface area contributed by atoms with E-state index in [-0.39, 0.29) is 22.4 Å². The van der Waals surface area contributed by atoms with E-state index < -0.39 is 10.8 Å². The molecular formula is C13H17ClN4O3. The third kappa shape index (κ3) is 3.68. The molecule has 0 bridgehead atoms. The summed E-state index contributed by atoms with van der Waals surface area (Å²) in [6.07, 6.45) is 3.13. The highest BCUT2D eigenvalue weighted by atomic mass is 35.5. The predicted molar refractivity (Wildman–Crippen MR) is 78.5 cm³/mol. The number of hydrogen-bond acceptors (Lipinski definition) is 5. The Bertz CT molecular complexity index is 552. The summed E-state index contributed by atoms with van der Waals surface area (Å²) in [5.74, 6) is -0.492. The first-order valence-corrected chi connectivity index (χ1v) is 7.23. The molecule has 1 fully saturated rings. The summed E-state index contributed by atoms with van der Waals surface area (Å²) in [5, 5.41) is 13.7. The number of amides is 1. The number of likely N-dealkylation sites (N-methyl/N-ethyl adjacent to an activating group) is 1. The summed E-state index contributed by atoms with van der Waals surface area (Å²) in [7, 11) is 0. The third-order valence-electron chi connectivity index (χ3n) is 3.69. The van der Waals surface area contributed by atoms with Crippen LogP contribution in [0.15, 0.2) is 12.3 Å². The third-order valence-corrected chi connectivity index (χ3v) is 3.90. The summed E-state index contributed by atoms with van der Waals surface area (Å²) in [6.45, 7) is 4.51. The van der Waals surface area contributed by atoms with Crippen LogP contribution < -0.4 is 5.32 Å². The minimum absolute atomic E-state index is 0.0546. The number of carbonyl (C=O) groups is 1. The van der Waals surface area contributed by atoms with Gasteiger partial charge >= 0.3 is 0 Å². The van der Waals surface area contributed by atoms with Gasteiger partial charge < -0.3 is 5.32 Å². The zero-order valence-electron chi connectivity index (χ0n) is 11.7. The molecule has 7 nitrogen and oxygen atoms in total. The monoisotopic (exact) mass is 312 g/mol. The molecule has 2 rings (SSSR count). The Kier molecular flexibility index (Phi) is 5.08. The Morgan fingerprint density at radius 2 is 2.43 bits per heavy atom. The largest absolute Gasteiger partial charge is 0.350 e. The molecule has 0 radical (unpaired) electrons. The standard InChI is InChI=1S/C13H17ClN4O3/c1-2-17-5-3-4-9(17)7-16-13(19)10-6-12(14)15-8-11(10)18(20)21/h6,8-9H,2-5,7H2,1H3,(H,16,19). The average Bonchev–Trinajstić information content (AvgIpc) is 2.91. The van der Waals surface area contributed by atoms with Crippen LogP contribution in [0.5, 0.6) is 0 Å². The lowest BCUT2D eigenvalue weighted by molar-refractivity contribution is -0.385. The fraction of sp³-hybridized carbons (Fsp3) is 0.538. The van der Waals surface area contributed by atoms with E-state index in [4.69, 9.17) is 11.6 Å². The van der Waals surface area contributed by atoms with Gasteiger partial charge in [0.15, 0.2) is 0 Å². The van der Waals surface area contributed by atoms with Gasteiger partial charge in [-0.1, -0.05) is 18.5 Å². The predicted octanol–water partition coefficient (Wildman–Crippen LogP) is 1.86. The highest BCUT2D eigenvalue weighted by Crippen LogP contribution is 2.21. The van der Waals surface area contributed by atoms with Crippen molar-refractivity contribution in [2.75, 3.05) is 19.6 Å². The molecule has 8 heteroatoms. The Hall–Kier alpha value is -1.73. The van der Waals surface area contributed by atoms with Crippen molar-refractivity contribution in [3.05, 3.63) is 33.1 Å². The lowest BCUT2D eigenvalue weighted by Gasteiger charge is -2.22. The van der Waals surface area contributed by atoms with Crippen LogP contribution in [0, 0.1) is 10.1 Å². The van der Waals surface area contributed by atoms with Gasteiger partial charge in [0.05, 0.1) is 4.92 Å². The fourth-order valence-electron chi connectivity index (χ4n) is 2.60.